The Morgan fingerprint density at radius 1 is 1.60 bits per heavy atom. The molecule has 0 radical (unpaired) electrons. The number of unbranched alkanes of at least 4 members (excludes halogenated alkanes) is 1. The fraction of sp³-hybridized carbons (Fsp3) is 0.833. The topological polar surface area (TPSA) is 54.4 Å². The van der Waals surface area contributed by atoms with Crippen LogP contribution in [-0.2, 0) is 7.90 Å². The molecule has 10 heavy (non-hydrogen) atoms. The van der Waals surface area contributed by atoms with Gasteiger partial charge in [0.15, 0.2) is 0 Å². The first-order valence-corrected chi connectivity index (χ1v) is 7.48. The van der Waals surface area contributed by atoms with Crippen LogP contribution in [0, 0.1) is 0 Å². The van der Waals surface area contributed by atoms with E-state index in [1.54, 1.807) is 0 Å². The third kappa shape index (κ3) is 6.18. The van der Waals surface area contributed by atoms with Crippen molar-refractivity contribution in [2.75, 3.05) is 0 Å². The van der Waals surface area contributed by atoms with E-state index in [0.717, 1.165) is 12.8 Å². The Labute approximate surface area is 67.4 Å². The molecule has 0 aliphatic heterocycles. The van der Waals surface area contributed by atoms with Gasteiger partial charge in [0.05, 0.1) is 0 Å². The molecule has 0 rings (SSSR count). The molecule has 0 bridgehead atoms. The van der Waals surface area contributed by atoms with Gasteiger partial charge in [-0.2, -0.15) is 0 Å². The average Bonchev–Trinajstić information content (AvgIpc) is 1.82. The fourth-order valence-corrected chi connectivity index (χ4v) is 3.46. The molecule has 0 aromatic carbocycles. The van der Waals surface area contributed by atoms with E-state index < -0.39 is 25.5 Å². The summed E-state index contributed by atoms with van der Waals surface area (Å²) in [6.07, 6.45) is 1.91. The van der Waals surface area contributed by atoms with E-state index in [-0.39, 0.29) is 4.47 Å². The molecule has 0 saturated heterocycles. The van der Waals surface area contributed by atoms with Crippen molar-refractivity contribution in [3.05, 3.63) is 0 Å². The maximum atomic E-state index is 10.9. The third-order valence-electron chi connectivity index (χ3n) is 1.01. The summed E-state index contributed by atoms with van der Waals surface area (Å²) >= 11 is -2.40. The van der Waals surface area contributed by atoms with Crippen LogP contribution in [0.15, 0.2) is 0 Å². The first-order valence-electron chi connectivity index (χ1n) is 3.23. The van der Waals surface area contributed by atoms with Crippen LogP contribution in [0.1, 0.15) is 19.8 Å². The first-order chi connectivity index (χ1) is 4.66. The summed E-state index contributed by atoms with van der Waals surface area (Å²) in [5, 5.41) is 8.23. The van der Waals surface area contributed by atoms with Gasteiger partial charge < -0.3 is 0 Å². The Bertz CT molecular complexity index is 133. The quantitative estimate of drug-likeness (QED) is 0.757. The molecule has 0 aromatic heterocycles. The summed E-state index contributed by atoms with van der Waals surface area (Å²) in [7, 11) is 0. The van der Waals surface area contributed by atoms with Gasteiger partial charge >= 0.3 is 67.2 Å². The number of aliphatic carboxylic acids is 1. The van der Waals surface area contributed by atoms with Crippen molar-refractivity contribution in [1.82, 2.24) is 0 Å². The Morgan fingerprint density at radius 2 is 2.20 bits per heavy atom. The summed E-state index contributed by atoms with van der Waals surface area (Å²) in [4.78, 5) is 10.0. The second-order valence-electron chi connectivity index (χ2n) is 2.04. The molecule has 0 saturated carbocycles. The molecular formula is C6H12O3Te. The molecule has 0 fully saturated rings. The first kappa shape index (κ1) is 10.1. The molecule has 3 nitrogen and oxygen atoms in total. The fourth-order valence-electron chi connectivity index (χ4n) is 0.515. The van der Waals surface area contributed by atoms with Crippen molar-refractivity contribution in [2.45, 2.75) is 28.7 Å². The summed E-state index contributed by atoms with van der Waals surface area (Å²) < 4.78 is 11.5. The van der Waals surface area contributed by atoms with E-state index in [2.05, 4.69) is 0 Å². The Balaban J connectivity index is 3.35. The number of carbonyl (C=O) groups is 1. The molecule has 0 spiro atoms. The molecule has 0 atom stereocenters. The third-order valence-corrected chi connectivity index (χ3v) is 4.76. The number of carboxylic acids is 1. The molecule has 4 heteroatoms. The van der Waals surface area contributed by atoms with Crippen molar-refractivity contribution in [1.29, 1.82) is 0 Å². The second-order valence-corrected chi connectivity index (χ2v) is 6.54. The zero-order valence-electron chi connectivity index (χ0n) is 6.00. The van der Waals surface area contributed by atoms with Gasteiger partial charge in [-0.15, -0.1) is 0 Å². The van der Waals surface area contributed by atoms with E-state index in [1.807, 2.05) is 6.92 Å². The second kappa shape index (κ2) is 5.82. The summed E-state index contributed by atoms with van der Waals surface area (Å²) in [6, 6.07) is 0. The summed E-state index contributed by atoms with van der Waals surface area (Å²) in [5.74, 6) is -0.914. The van der Waals surface area contributed by atoms with Crippen LogP contribution in [0.3, 0.4) is 0 Å². The van der Waals surface area contributed by atoms with Crippen LogP contribution >= 0.6 is 0 Å². The van der Waals surface area contributed by atoms with E-state index in [1.165, 1.54) is 0 Å². The van der Waals surface area contributed by atoms with E-state index >= 15 is 0 Å². The predicted octanol–water partition coefficient (Wildman–Crippen LogP) is 1.29. The molecule has 0 aliphatic rings. The van der Waals surface area contributed by atoms with E-state index in [9.17, 15) is 7.90 Å². The molecular weight excluding hydrogens is 248 g/mol. The van der Waals surface area contributed by atoms with Gasteiger partial charge in [-0.05, 0) is 0 Å². The number of hydrogen-bond acceptors (Lipinski definition) is 2. The van der Waals surface area contributed by atoms with Crippen LogP contribution in [0.2, 0.25) is 8.94 Å². The Hall–Kier alpha value is 0.0596. The minimum atomic E-state index is -2.40. The zero-order chi connectivity index (χ0) is 7.98. The van der Waals surface area contributed by atoms with E-state index in [0.29, 0.717) is 4.47 Å². The van der Waals surface area contributed by atoms with Crippen molar-refractivity contribution in [2.24, 2.45) is 0 Å². The standard InChI is InChI=1S/C6H12O3Te/c1-2-3-4-10(9)5-6(7)8/h2-5H2,1H3,(H,7,8). The molecule has 1 N–H and O–H groups in total. The predicted molar refractivity (Wildman–Crippen MR) is 38.6 cm³/mol. The van der Waals surface area contributed by atoms with Gasteiger partial charge in [0.25, 0.3) is 0 Å². The number of hydrogen-bond donors (Lipinski definition) is 1. The molecule has 0 aliphatic carbocycles. The Kier molecular flexibility index (Phi) is 5.85. The van der Waals surface area contributed by atoms with Crippen molar-refractivity contribution < 1.29 is 13.0 Å². The molecule has 0 amide bonds. The van der Waals surface area contributed by atoms with Gasteiger partial charge in [-0.1, -0.05) is 0 Å². The van der Waals surface area contributed by atoms with Gasteiger partial charge in [0.1, 0.15) is 0 Å². The van der Waals surface area contributed by atoms with Crippen molar-refractivity contribution in [3.8, 4) is 0 Å². The number of carboxylic acid groups (broad SMARTS) is 1. The van der Waals surface area contributed by atoms with Crippen LogP contribution in [-0.4, -0.2) is 30.6 Å². The molecule has 0 unspecified atom stereocenters. The van der Waals surface area contributed by atoms with Crippen molar-refractivity contribution >= 4 is 25.5 Å². The summed E-state index contributed by atoms with van der Waals surface area (Å²) in [6.45, 7) is 2.01. The van der Waals surface area contributed by atoms with Gasteiger partial charge in [0.2, 0.25) is 0 Å². The van der Waals surface area contributed by atoms with E-state index in [4.69, 9.17) is 5.11 Å². The van der Waals surface area contributed by atoms with Gasteiger partial charge in [-0.3, -0.25) is 0 Å². The average molecular weight is 260 g/mol. The number of rotatable bonds is 5. The molecule has 0 aromatic rings. The SMILES string of the molecule is CCCC[Te](=O)CC(=O)O. The minimum absolute atomic E-state index is 0.0661. The molecule has 60 valence electrons. The normalized spacial score (nSPS) is 10.2. The van der Waals surface area contributed by atoms with Crippen LogP contribution in [0.4, 0.5) is 0 Å². The van der Waals surface area contributed by atoms with Crippen LogP contribution in [0.5, 0.6) is 0 Å². The van der Waals surface area contributed by atoms with Crippen LogP contribution in [0.25, 0.3) is 0 Å². The van der Waals surface area contributed by atoms with Gasteiger partial charge in [0, 0.05) is 0 Å². The van der Waals surface area contributed by atoms with Gasteiger partial charge in [-0.25, -0.2) is 0 Å². The maximum absolute atomic E-state index is 10.9. The monoisotopic (exact) mass is 262 g/mol. The van der Waals surface area contributed by atoms with Crippen molar-refractivity contribution in [3.63, 3.8) is 0 Å². The zero-order valence-corrected chi connectivity index (χ0v) is 8.33. The molecule has 0 heterocycles. The Morgan fingerprint density at radius 3 is 2.60 bits per heavy atom. The van der Waals surface area contributed by atoms with Crippen LogP contribution < -0.4 is 0 Å². The summed E-state index contributed by atoms with van der Waals surface area (Å²) in [5.41, 5.74) is 0.